The number of nitrogens with zero attached hydrogens (tertiary/aromatic N) is 1. The minimum Gasteiger partial charge on any atom is -0.369 e. The smallest absolute Gasteiger partial charge is 0.152 e. The molecule has 0 radical (unpaired) electrons. The normalized spacial score (nSPS) is 10.5. The lowest BCUT2D eigenvalue weighted by Gasteiger charge is -2.28. The number of aldehydes is 1. The molecule has 0 aromatic heterocycles. The van der Waals surface area contributed by atoms with Crippen LogP contribution in [0.3, 0.4) is 0 Å². The Balaban J connectivity index is 3.16. The minimum absolute atomic E-state index is 0.291. The van der Waals surface area contributed by atoms with Gasteiger partial charge in [0.25, 0.3) is 0 Å². The average Bonchev–Trinajstić information content (AvgIpc) is 2.20. The van der Waals surface area contributed by atoms with E-state index < -0.39 is 0 Å². The molecule has 0 saturated carbocycles. The number of anilines is 1. The Morgan fingerprint density at radius 3 is 2.60 bits per heavy atom. The molecule has 1 rings (SSSR count). The summed E-state index contributed by atoms with van der Waals surface area (Å²) in [6.07, 6.45) is 0.698. The Kier molecular flexibility index (Phi) is 3.83. The van der Waals surface area contributed by atoms with Gasteiger partial charge in [0.15, 0.2) is 6.29 Å². The second-order valence-corrected chi connectivity index (χ2v) is 3.70. The summed E-state index contributed by atoms with van der Waals surface area (Å²) in [5.41, 5.74) is 1.20. The number of benzene rings is 1. The summed E-state index contributed by atoms with van der Waals surface area (Å²) in [6.45, 7) is 6.89. The van der Waals surface area contributed by atoms with Crippen LogP contribution in [-0.4, -0.2) is 18.9 Å². The second-order valence-electron chi connectivity index (χ2n) is 3.70. The first-order valence-corrected chi connectivity index (χ1v) is 5.11. The van der Waals surface area contributed by atoms with E-state index in [1.54, 1.807) is 6.07 Å². The quantitative estimate of drug-likeness (QED) is 0.711. The van der Waals surface area contributed by atoms with Crippen molar-refractivity contribution in [3.05, 3.63) is 29.6 Å². The van der Waals surface area contributed by atoms with Crippen LogP contribution in [0.2, 0.25) is 0 Å². The van der Waals surface area contributed by atoms with Gasteiger partial charge in [-0.05, 0) is 39.0 Å². The molecule has 0 atom stereocenters. The number of rotatable bonds is 4. The lowest BCUT2D eigenvalue weighted by Crippen LogP contribution is -2.31. The third-order valence-corrected chi connectivity index (χ3v) is 2.39. The van der Waals surface area contributed by atoms with Gasteiger partial charge in [-0.15, -0.1) is 0 Å². The molecule has 82 valence electrons. The maximum Gasteiger partial charge on any atom is 0.152 e. The van der Waals surface area contributed by atoms with E-state index in [0.717, 1.165) is 12.2 Å². The van der Waals surface area contributed by atoms with Gasteiger partial charge in [0.1, 0.15) is 5.82 Å². The van der Waals surface area contributed by atoms with Crippen molar-refractivity contribution in [2.24, 2.45) is 0 Å². The van der Waals surface area contributed by atoms with Gasteiger partial charge in [0, 0.05) is 23.8 Å². The molecule has 0 aliphatic carbocycles. The van der Waals surface area contributed by atoms with Crippen molar-refractivity contribution in [1.82, 2.24) is 0 Å². The number of hydrogen-bond acceptors (Lipinski definition) is 2. The number of carbonyl (C=O) groups excluding carboxylic acids is 1. The zero-order valence-electron chi connectivity index (χ0n) is 9.33. The first-order chi connectivity index (χ1) is 7.10. The van der Waals surface area contributed by atoms with Gasteiger partial charge in [-0.1, -0.05) is 0 Å². The molecular formula is C12H16FNO. The molecule has 0 amide bonds. The first-order valence-electron chi connectivity index (χ1n) is 5.11. The topological polar surface area (TPSA) is 20.3 Å². The van der Waals surface area contributed by atoms with Gasteiger partial charge in [0.05, 0.1) is 0 Å². The molecule has 0 heterocycles. The number of carbonyl (C=O) groups is 1. The largest absolute Gasteiger partial charge is 0.369 e. The van der Waals surface area contributed by atoms with Crippen LogP contribution in [0.4, 0.5) is 10.1 Å². The maximum absolute atomic E-state index is 12.9. The van der Waals surface area contributed by atoms with Gasteiger partial charge >= 0.3 is 0 Å². The molecule has 3 heteroatoms. The summed E-state index contributed by atoms with van der Waals surface area (Å²) in [7, 11) is 0. The van der Waals surface area contributed by atoms with Crippen molar-refractivity contribution in [3.8, 4) is 0 Å². The van der Waals surface area contributed by atoms with Gasteiger partial charge in [0.2, 0.25) is 0 Å². The molecule has 0 bridgehead atoms. The fourth-order valence-electron chi connectivity index (χ4n) is 1.69. The number of hydrogen-bond donors (Lipinski definition) is 0. The van der Waals surface area contributed by atoms with E-state index in [1.807, 2.05) is 20.8 Å². The van der Waals surface area contributed by atoms with E-state index in [1.165, 1.54) is 12.1 Å². The van der Waals surface area contributed by atoms with Gasteiger partial charge in [-0.3, -0.25) is 4.79 Å². The zero-order chi connectivity index (χ0) is 11.4. The lowest BCUT2D eigenvalue weighted by molar-refractivity contribution is 0.112. The third kappa shape index (κ3) is 2.55. The summed E-state index contributed by atoms with van der Waals surface area (Å²) in [6, 6.07) is 4.60. The lowest BCUT2D eigenvalue weighted by atomic mass is 10.1. The van der Waals surface area contributed by atoms with Crippen LogP contribution >= 0.6 is 0 Å². The average molecular weight is 209 g/mol. The highest BCUT2D eigenvalue weighted by Crippen LogP contribution is 2.22. The molecule has 0 aliphatic rings. The summed E-state index contributed by atoms with van der Waals surface area (Å²) in [5, 5.41) is 0. The predicted molar refractivity (Wildman–Crippen MR) is 59.9 cm³/mol. The summed E-state index contributed by atoms with van der Waals surface area (Å²) < 4.78 is 12.9. The highest BCUT2D eigenvalue weighted by Gasteiger charge is 2.12. The fraction of sp³-hybridized carbons (Fsp3) is 0.417. The van der Waals surface area contributed by atoms with E-state index in [4.69, 9.17) is 0 Å². The minimum atomic E-state index is -0.374. The summed E-state index contributed by atoms with van der Waals surface area (Å²) >= 11 is 0. The van der Waals surface area contributed by atoms with Crippen LogP contribution in [0.15, 0.2) is 18.2 Å². The molecule has 1 aromatic rings. The van der Waals surface area contributed by atoms with Crippen molar-refractivity contribution in [2.75, 3.05) is 11.4 Å². The third-order valence-electron chi connectivity index (χ3n) is 2.39. The Hall–Kier alpha value is -1.38. The standard InChI is InChI=1S/C12H16FNO/c1-4-14(9(2)3)12-6-5-11(13)7-10(12)8-15/h5-9H,4H2,1-3H3. The van der Waals surface area contributed by atoms with E-state index >= 15 is 0 Å². The van der Waals surface area contributed by atoms with Crippen LogP contribution < -0.4 is 4.90 Å². The molecule has 0 spiro atoms. The van der Waals surface area contributed by atoms with Gasteiger partial charge in [-0.25, -0.2) is 4.39 Å². The Morgan fingerprint density at radius 1 is 1.47 bits per heavy atom. The molecule has 0 aliphatic heterocycles. The monoisotopic (exact) mass is 209 g/mol. The van der Waals surface area contributed by atoms with Crippen LogP contribution in [0.25, 0.3) is 0 Å². The summed E-state index contributed by atoms with van der Waals surface area (Å²) in [5.74, 6) is -0.374. The van der Waals surface area contributed by atoms with E-state index in [0.29, 0.717) is 17.9 Å². The van der Waals surface area contributed by atoms with Crippen LogP contribution in [0, 0.1) is 5.82 Å². The molecule has 0 N–H and O–H groups in total. The van der Waals surface area contributed by atoms with Crippen molar-refractivity contribution in [2.45, 2.75) is 26.8 Å². The predicted octanol–water partition coefficient (Wildman–Crippen LogP) is 2.87. The fourth-order valence-corrected chi connectivity index (χ4v) is 1.69. The molecule has 0 unspecified atom stereocenters. The molecule has 1 aromatic carbocycles. The van der Waals surface area contributed by atoms with Gasteiger partial charge < -0.3 is 4.90 Å². The molecule has 0 fully saturated rings. The van der Waals surface area contributed by atoms with Crippen molar-refractivity contribution in [3.63, 3.8) is 0 Å². The van der Waals surface area contributed by atoms with Gasteiger partial charge in [-0.2, -0.15) is 0 Å². The van der Waals surface area contributed by atoms with E-state index in [2.05, 4.69) is 4.90 Å². The van der Waals surface area contributed by atoms with Crippen molar-refractivity contribution < 1.29 is 9.18 Å². The highest BCUT2D eigenvalue weighted by atomic mass is 19.1. The molecule has 0 saturated heterocycles. The Morgan fingerprint density at radius 2 is 2.13 bits per heavy atom. The Labute approximate surface area is 89.7 Å². The van der Waals surface area contributed by atoms with Crippen molar-refractivity contribution in [1.29, 1.82) is 0 Å². The Bertz CT molecular complexity index is 349. The van der Waals surface area contributed by atoms with E-state index in [-0.39, 0.29) is 5.82 Å². The zero-order valence-corrected chi connectivity index (χ0v) is 9.33. The first kappa shape index (κ1) is 11.7. The highest BCUT2D eigenvalue weighted by molar-refractivity contribution is 5.84. The summed E-state index contributed by atoms with van der Waals surface area (Å²) in [4.78, 5) is 12.9. The van der Waals surface area contributed by atoms with Crippen LogP contribution in [0.1, 0.15) is 31.1 Å². The SMILES string of the molecule is CCN(c1ccc(F)cc1C=O)C(C)C. The van der Waals surface area contributed by atoms with Crippen LogP contribution in [0.5, 0.6) is 0 Å². The molecular weight excluding hydrogens is 193 g/mol. The van der Waals surface area contributed by atoms with Crippen LogP contribution in [-0.2, 0) is 0 Å². The van der Waals surface area contributed by atoms with E-state index in [9.17, 15) is 9.18 Å². The second kappa shape index (κ2) is 4.91. The number of halogens is 1. The molecule has 2 nitrogen and oxygen atoms in total. The van der Waals surface area contributed by atoms with Crippen molar-refractivity contribution >= 4 is 12.0 Å². The molecule has 15 heavy (non-hydrogen) atoms. The maximum atomic E-state index is 12.9.